The zero-order valence-electron chi connectivity index (χ0n) is 10.5. The standard InChI is InChI=1S/C12H16FIN2O2.ClH/c1-18-7-6-15-4-5-16-12(17)10-3-2-9(13)8-11(10)14;/h2-3,8,15H,4-7H2,1H3,(H,16,17);1H. The number of carbonyl (C=O) groups is 1. The van der Waals surface area contributed by atoms with Crippen LogP contribution in [0.3, 0.4) is 0 Å². The van der Waals surface area contributed by atoms with Gasteiger partial charge in [-0.05, 0) is 40.8 Å². The zero-order chi connectivity index (χ0) is 13.4. The van der Waals surface area contributed by atoms with Crippen LogP contribution in [-0.2, 0) is 4.74 Å². The van der Waals surface area contributed by atoms with Crippen LogP contribution >= 0.6 is 35.0 Å². The molecule has 0 heterocycles. The third-order valence-corrected chi connectivity index (χ3v) is 3.14. The summed E-state index contributed by atoms with van der Waals surface area (Å²) < 4.78 is 18.4. The fourth-order valence-corrected chi connectivity index (χ4v) is 2.05. The fraction of sp³-hybridized carbons (Fsp3) is 0.417. The molecule has 1 amide bonds. The molecule has 0 saturated carbocycles. The van der Waals surface area contributed by atoms with Crippen molar-refractivity contribution < 1.29 is 13.9 Å². The first-order chi connectivity index (χ1) is 8.65. The van der Waals surface area contributed by atoms with Crippen LogP contribution in [0.1, 0.15) is 10.4 Å². The van der Waals surface area contributed by atoms with Crippen molar-refractivity contribution in [1.82, 2.24) is 10.6 Å². The molecular formula is C12H17ClFIN2O2. The van der Waals surface area contributed by atoms with Crippen LogP contribution in [0.5, 0.6) is 0 Å². The van der Waals surface area contributed by atoms with Gasteiger partial charge in [0.1, 0.15) is 5.82 Å². The van der Waals surface area contributed by atoms with Gasteiger partial charge in [0, 0.05) is 30.3 Å². The summed E-state index contributed by atoms with van der Waals surface area (Å²) in [6.45, 7) is 2.59. The first kappa shape index (κ1) is 18.6. The number of rotatable bonds is 7. The molecule has 0 radical (unpaired) electrons. The van der Waals surface area contributed by atoms with Gasteiger partial charge in [-0.1, -0.05) is 0 Å². The fourth-order valence-electron chi connectivity index (χ4n) is 1.33. The molecule has 7 heteroatoms. The van der Waals surface area contributed by atoms with E-state index in [9.17, 15) is 9.18 Å². The van der Waals surface area contributed by atoms with Gasteiger partial charge in [0.05, 0.1) is 12.2 Å². The van der Waals surface area contributed by atoms with Crippen LogP contribution in [0.4, 0.5) is 4.39 Å². The van der Waals surface area contributed by atoms with Crippen molar-refractivity contribution in [2.75, 3.05) is 33.4 Å². The Morgan fingerprint density at radius 1 is 1.37 bits per heavy atom. The van der Waals surface area contributed by atoms with E-state index >= 15 is 0 Å². The second kappa shape index (κ2) is 10.4. The lowest BCUT2D eigenvalue weighted by molar-refractivity contribution is 0.0952. The zero-order valence-corrected chi connectivity index (χ0v) is 13.5. The number of amides is 1. The van der Waals surface area contributed by atoms with Crippen molar-refractivity contribution in [3.05, 3.63) is 33.1 Å². The van der Waals surface area contributed by atoms with Gasteiger partial charge in [-0.2, -0.15) is 0 Å². The lowest BCUT2D eigenvalue weighted by Gasteiger charge is -2.08. The van der Waals surface area contributed by atoms with Crippen LogP contribution in [0.15, 0.2) is 18.2 Å². The SMILES string of the molecule is COCCNCCNC(=O)c1ccc(F)cc1I.Cl. The molecule has 19 heavy (non-hydrogen) atoms. The average molecular weight is 403 g/mol. The lowest BCUT2D eigenvalue weighted by Crippen LogP contribution is -2.33. The van der Waals surface area contributed by atoms with E-state index in [1.165, 1.54) is 18.2 Å². The van der Waals surface area contributed by atoms with E-state index < -0.39 is 0 Å². The van der Waals surface area contributed by atoms with Crippen molar-refractivity contribution in [3.63, 3.8) is 0 Å². The van der Waals surface area contributed by atoms with Gasteiger partial charge in [0.15, 0.2) is 0 Å². The quantitative estimate of drug-likeness (QED) is 0.540. The molecule has 0 bridgehead atoms. The number of hydrogen-bond donors (Lipinski definition) is 2. The first-order valence-electron chi connectivity index (χ1n) is 5.58. The van der Waals surface area contributed by atoms with Crippen LogP contribution < -0.4 is 10.6 Å². The van der Waals surface area contributed by atoms with Crippen molar-refractivity contribution in [2.45, 2.75) is 0 Å². The normalized spacial score (nSPS) is 9.84. The van der Waals surface area contributed by atoms with E-state index in [4.69, 9.17) is 4.74 Å². The summed E-state index contributed by atoms with van der Waals surface area (Å²) in [5.74, 6) is -0.523. The van der Waals surface area contributed by atoms with Gasteiger partial charge in [-0.3, -0.25) is 4.79 Å². The molecule has 1 aromatic carbocycles. The Kier molecular flexibility index (Phi) is 10.1. The third kappa shape index (κ3) is 7.05. The number of hydrogen-bond acceptors (Lipinski definition) is 3. The minimum Gasteiger partial charge on any atom is -0.383 e. The molecule has 0 aliphatic heterocycles. The maximum atomic E-state index is 12.9. The summed E-state index contributed by atoms with van der Waals surface area (Å²) in [7, 11) is 1.64. The Balaban J connectivity index is 0.00000324. The summed E-state index contributed by atoms with van der Waals surface area (Å²) in [5, 5.41) is 5.88. The smallest absolute Gasteiger partial charge is 0.252 e. The molecule has 0 saturated heterocycles. The van der Waals surface area contributed by atoms with Crippen LogP contribution in [0.25, 0.3) is 0 Å². The van der Waals surface area contributed by atoms with Crippen LogP contribution in [0, 0.1) is 9.39 Å². The van der Waals surface area contributed by atoms with E-state index in [0.717, 1.165) is 6.54 Å². The minimum absolute atomic E-state index is 0. The molecule has 0 spiro atoms. The molecule has 0 unspecified atom stereocenters. The molecule has 0 atom stereocenters. The molecular weight excluding hydrogens is 385 g/mol. The number of nitrogens with one attached hydrogen (secondary N) is 2. The van der Waals surface area contributed by atoms with Gasteiger partial charge in [0.25, 0.3) is 5.91 Å². The first-order valence-corrected chi connectivity index (χ1v) is 6.66. The van der Waals surface area contributed by atoms with E-state index in [2.05, 4.69) is 10.6 Å². The second-order valence-electron chi connectivity index (χ2n) is 3.62. The Hall–Kier alpha value is -0.440. The van der Waals surface area contributed by atoms with E-state index in [-0.39, 0.29) is 24.1 Å². The highest BCUT2D eigenvalue weighted by atomic mass is 127. The Bertz CT molecular complexity index is 407. The van der Waals surface area contributed by atoms with Gasteiger partial charge in [-0.25, -0.2) is 4.39 Å². The van der Waals surface area contributed by atoms with E-state index in [0.29, 0.717) is 28.8 Å². The average Bonchev–Trinajstić information content (AvgIpc) is 2.33. The van der Waals surface area contributed by atoms with Gasteiger partial charge in [0.2, 0.25) is 0 Å². The largest absolute Gasteiger partial charge is 0.383 e. The van der Waals surface area contributed by atoms with Gasteiger partial charge in [-0.15, -0.1) is 12.4 Å². The maximum absolute atomic E-state index is 12.9. The summed E-state index contributed by atoms with van der Waals surface area (Å²) in [4.78, 5) is 11.8. The molecule has 2 N–H and O–H groups in total. The van der Waals surface area contributed by atoms with Gasteiger partial charge >= 0.3 is 0 Å². The Morgan fingerprint density at radius 2 is 2.11 bits per heavy atom. The van der Waals surface area contributed by atoms with E-state index in [1.807, 2.05) is 22.6 Å². The second-order valence-corrected chi connectivity index (χ2v) is 4.79. The summed E-state index contributed by atoms with van der Waals surface area (Å²) in [5.41, 5.74) is 0.494. The lowest BCUT2D eigenvalue weighted by atomic mass is 10.2. The maximum Gasteiger partial charge on any atom is 0.252 e. The van der Waals surface area contributed by atoms with Crippen molar-refractivity contribution in [2.24, 2.45) is 0 Å². The third-order valence-electron chi connectivity index (χ3n) is 2.25. The molecule has 0 aliphatic carbocycles. The number of methoxy groups -OCH3 is 1. The summed E-state index contributed by atoms with van der Waals surface area (Å²) in [6, 6.07) is 4.12. The van der Waals surface area contributed by atoms with Crippen LogP contribution in [0.2, 0.25) is 0 Å². The predicted molar refractivity (Wildman–Crippen MR) is 83.4 cm³/mol. The minimum atomic E-state index is -0.336. The van der Waals surface area contributed by atoms with Gasteiger partial charge < -0.3 is 15.4 Å². The number of ether oxygens (including phenoxy) is 1. The Morgan fingerprint density at radius 3 is 2.74 bits per heavy atom. The highest BCUT2D eigenvalue weighted by Crippen LogP contribution is 2.13. The molecule has 0 aromatic heterocycles. The van der Waals surface area contributed by atoms with Crippen molar-refractivity contribution >= 4 is 40.9 Å². The highest BCUT2D eigenvalue weighted by Gasteiger charge is 2.09. The molecule has 108 valence electrons. The number of benzene rings is 1. The molecule has 4 nitrogen and oxygen atoms in total. The summed E-state index contributed by atoms with van der Waals surface area (Å²) >= 11 is 1.95. The molecule has 0 fully saturated rings. The molecule has 1 aromatic rings. The summed E-state index contributed by atoms with van der Waals surface area (Å²) in [6.07, 6.45) is 0. The monoisotopic (exact) mass is 402 g/mol. The Labute approximate surface area is 132 Å². The molecule has 0 aliphatic rings. The highest BCUT2D eigenvalue weighted by molar-refractivity contribution is 14.1. The predicted octanol–water partition coefficient (Wildman–Crippen LogP) is 1.82. The number of carbonyl (C=O) groups excluding carboxylic acids is 1. The van der Waals surface area contributed by atoms with Crippen molar-refractivity contribution in [3.8, 4) is 0 Å². The van der Waals surface area contributed by atoms with Crippen LogP contribution in [-0.4, -0.2) is 39.3 Å². The van der Waals surface area contributed by atoms with E-state index in [1.54, 1.807) is 7.11 Å². The number of halogens is 3. The topological polar surface area (TPSA) is 50.4 Å². The molecule has 1 rings (SSSR count). The van der Waals surface area contributed by atoms with Crippen molar-refractivity contribution in [1.29, 1.82) is 0 Å².